The Morgan fingerprint density at radius 2 is 1.85 bits per heavy atom. The van der Waals surface area contributed by atoms with Gasteiger partial charge in [-0.2, -0.15) is 0 Å². The van der Waals surface area contributed by atoms with Crippen molar-refractivity contribution in [3.05, 3.63) is 36.7 Å². The van der Waals surface area contributed by atoms with Gasteiger partial charge in [-0.25, -0.2) is 9.97 Å². The van der Waals surface area contributed by atoms with Crippen LogP contribution in [-0.4, -0.2) is 56.5 Å². The molecule has 8 nitrogen and oxygen atoms in total. The number of aromatic nitrogens is 4. The Kier molecular flexibility index (Phi) is 5.53. The first kappa shape index (κ1) is 17.8. The molecule has 0 radical (unpaired) electrons. The fraction of sp³-hybridized carbons (Fsp3) is 0.526. The number of hydrogen-bond acceptors (Lipinski definition) is 7. The molecular formula is C19H24N6O2. The quantitative estimate of drug-likeness (QED) is 0.885. The van der Waals surface area contributed by atoms with Gasteiger partial charge >= 0.3 is 0 Å². The van der Waals surface area contributed by atoms with E-state index in [2.05, 4.69) is 25.3 Å². The Labute approximate surface area is 158 Å². The molecule has 0 aromatic carbocycles. The highest BCUT2D eigenvalue weighted by Crippen LogP contribution is 2.31. The minimum absolute atomic E-state index is 0.144. The molecule has 142 valence electrons. The molecule has 1 N–H and O–H groups in total. The number of ether oxygens (including phenoxy) is 1. The second-order valence-corrected chi connectivity index (χ2v) is 6.96. The Morgan fingerprint density at radius 3 is 2.59 bits per heavy atom. The third-order valence-electron chi connectivity index (χ3n) is 5.18. The van der Waals surface area contributed by atoms with E-state index >= 15 is 0 Å². The van der Waals surface area contributed by atoms with Gasteiger partial charge in [-0.1, -0.05) is 0 Å². The average Bonchev–Trinajstić information content (AvgIpc) is 2.75. The van der Waals surface area contributed by atoms with E-state index in [9.17, 15) is 4.79 Å². The molecule has 2 saturated heterocycles. The number of amides is 1. The maximum absolute atomic E-state index is 12.6. The maximum atomic E-state index is 12.6. The summed E-state index contributed by atoms with van der Waals surface area (Å²) in [6, 6.07) is 0. The normalized spacial score (nSPS) is 21.0. The van der Waals surface area contributed by atoms with Crippen LogP contribution in [0.1, 0.15) is 43.7 Å². The van der Waals surface area contributed by atoms with E-state index in [0.29, 0.717) is 18.2 Å². The summed E-state index contributed by atoms with van der Waals surface area (Å²) in [6.07, 6.45) is 12.8. The monoisotopic (exact) mass is 368 g/mol. The highest BCUT2D eigenvalue weighted by Gasteiger charge is 2.31. The molecule has 0 saturated carbocycles. The van der Waals surface area contributed by atoms with Gasteiger partial charge in [-0.15, -0.1) is 0 Å². The van der Waals surface area contributed by atoms with Gasteiger partial charge in [0.2, 0.25) is 0 Å². The van der Waals surface area contributed by atoms with Crippen LogP contribution in [0.15, 0.2) is 31.0 Å². The van der Waals surface area contributed by atoms with Gasteiger partial charge in [-0.05, 0) is 32.1 Å². The standard InChI is InChI=1S/C19H24N6O2/c26-19(15-3-1-2-12-27-15)25-10-4-14(5-11-25)17-18(23-9-8-22-17)24-16-13-20-6-7-21-16/h6-9,13-15H,1-5,10-12H2,(H,21,23,24). The lowest BCUT2D eigenvalue weighted by Gasteiger charge is -2.35. The Bertz CT molecular complexity index is 758. The van der Waals surface area contributed by atoms with Crippen molar-refractivity contribution in [1.82, 2.24) is 24.8 Å². The second kappa shape index (κ2) is 8.39. The molecule has 27 heavy (non-hydrogen) atoms. The third kappa shape index (κ3) is 4.21. The van der Waals surface area contributed by atoms with E-state index in [1.165, 1.54) is 0 Å². The largest absolute Gasteiger partial charge is 0.368 e. The van der Waals surface area contributed by atoms with Crippen LogP contribution >= 0.6 is 0 Å². The third-order valence-corrected chi connectivity index (χ3v) is 5.18. The molecule has 8 heteroatoms. The summed E-state index contributed by atoms with van der Waals surface area (Å²) < 4.78 is 5.65. The zero-order valence-electron chi connectivity index (χ0n) is 15.3. The van der Waals surface area contributed by atoms with Gasteiger partial charge in [0.05, 0.1) is 11.9 Å². The number of rotatable bonds is 4. The first-order chi connectivity index (χ1) is 13.3. The van der Waals surface area contributed by atoms with Crippen LogP contribution < -0.4 is 5.32 Å². The van der Waals surface area contributed by atoms with E-state index in [-0.39, 0.29) is 17.9 Å². The van der Waals surface area contributed by atoms with Crippen molar-refractivity contribution in [2.24, 2.45) is 0 Å². The van der Waals surface area contributed by atoms with Crippen molar-refractivity contribution in [3.63, 3.8) is 0 Å². The fourth-order valence-corrected chi connectivity index (χ4v) is 3.74. The molecule has 2 fully saturated rings. The molecule has 2 aliphatic heterocycles. The van der Waals surface area contributed by atoms with Crippen LogP contribution in [0.2, 0.25) is 0 Å². The van der Waals surface area contributed by atoms with Crippen LogP contribution in [-0.2, 0) is 9.53 Å². The van der Waals surface area contributed by atoms with Crippen molar-refractivity contribution in [2.75, 3.05) is 25.0 Å². The summed E-state index contributed by atoms with van der Waals surface area (Å²) in [5.41, 5.74) is 0.921. The predicted octanol–water partition coefficient (Wildman–Crippen LogP) is 2.29. The number of nitrogens with zero attached hydrogens (tertiary/aromatic N) is 5. The highest BCUT2D eigenvalue weighted by molar-refractivity contribution is 5.81. The highest BCUT2D eigenvalue weighted by atomic mass is 16.5. The minimum atomic E-state index is -0.249. The van der Waals surface area contributed by atoms with Gasteiger partial charge in [0.15, 0.2) is 5.82 Å². The molecule has 2 aromatic rings. The van der Waals surface area contributed by atoms with Gasteiger partial charge in [0.1, 0.15) is 11.9 Å². The van der Waals surface area contributed by atoms with Crippen LogP contribution in [0.3, 0.4) is 0 Å². The summed E-state index contributed by atoms with van der Waals surface area (Å²) in [7, 11) is 0. The van der Waals surface area contributed by atoms with E-state index in [4.69, 9.17) is 4.74 Å². The molecule has 4 heterocycles. The molecule has 0 spiro atoms. The molecule has 1 amide bonds. The zero-order chi connectivity index (χ0) is 18.5. The lowest BCUT2D eigenvalue weighted by molar-refractivity contribution is -0.147. The van der Waals surface area contributed by atoms with Crippen LogP contribution in [0.25, 0.3) is 0 Å². The van der Waals surface area contributed by atoms with Crippen LogP contribution in [0.5, 0.6) is 0 Å². The summed E-state index contributed by atoms with van der Waals surface area (Å²) >= 11 is 0. The Morgan fingerprint density at radius 1 is 1.04 bits per heavy atom. The number of hydrogen-bond donors (Lipinski definition) is 1. The van der Waals surface area contributed by atoms with Gasteiger partial charge in [0, 0.05) is 50.4 Å². The SMILES string of the molecule is O=C(C1CCCCO1)N1CCC(c2nccnc2Nc2cnccn2)CC1. The topological polar surface area (TPSA) is 93.1 Å². The molecule has 2 aliphatic rings. The molecular weight excluding hydrogens is 344 g/mol. The maximum Gasteiger partial charge on any atom is 0.251 e. The Hall–Kier alpha value is -2.61. The number of piperidine rings is 1. The first-order valence-corrected chi connectivity index (χ1v) is 9.55. The molecule has 0 aliphatic carbocycles. The number of likely N-dealkylation sites (tertiary alicyclic amines) is 1. The van der Waals surface area contributed by atoms with Gasteiger partial charge in [-0.3, -0.25) is 14.8 Å². The number of carbonyl (C=O) groups is 1. The Balaban J connectivity index is 1.40. The molecule has 4 rings (SSSR count). The van der Waals surface area contributed by atoms with E-state index in [1.807, 2.05) is 4.90 Å². The number of nitrogens with one attached hydrogen (secondary N) is 1. The van der Waals surface area contributed by atoms with Crippen molar-refractivity contribution < 1.29 is 9.53 Å². The second-order valence-electron chi connectivity index (χ2n) is 6.96. The van der Waals surface area contributed by atoms with Gasteiger partial charge < -0.3 is 15.0 Å². The van der Waals surface area contributed by atoms with Crippen molar-refractivity contribution in [1.29, 1.82) is 0 Å². The number of carbonyl (C=O) groups excluding carboxylic acids is 1. The van der Waals surface area contributed by atoms with Crippen LogP contribution in [0.4, 0.5) is 11.6 Å². The zero-order valence-corrected chi connectivity index (χ0v) is 15.3. The van der Waals surface area contributed by atoms with Crippen molar-refractivity contribution in [3.8, 4) is 0 Å². The van der Waals surface area contributed by atoms with Crippen molar-refractivity contribution in [2.45, 2.75) is 44.1 Å². The van der Waals surface area contributed by atoms with Crippen molar-refractivity contribution >= 4 is 17.5 Å². The smallest absolute Gasteiger partial charge is 0.251 e. The van der Waals surface area contributed by atoms with E-state index in [1.54, 1.807) is 31.0 Å². The predicted molar refractivity (Wildman–Crippen MR) is 99.5 cm³/mol. The fourth-order valence-electron chi connectivity index (χ4n) is 3.74. The summed E-state index contributed by atoms with van der Waals surface area (Å²) in [5.74, 6) is 1.75. The number of anilines is 2. The molecule has 2 aromatic heterocycles. The lowest BCUT2D eigenvalue weighted by Crippen LogP contribution is -2.45. The lowest BCUT2D eigenvalue weighted by atomic mass is 9.92. The summed E-state index contributed by atoms with van der Waals surface area (Å²) in [5, 5.41) is 3.21. The van der Waals surface area contributed by atoms with Crippen LogP contribution in [0, 0.1) is 0 Å². The van der Waals surface area contributed by atoms with E-state index in [0.717, 1.165) is 50.9 Å². The summed E-state index contributed by atoms with van der Waals surface area (Å²) in [6.45, 7) is 2.15. The average molecular weight is 368 g/mol. The van der Waals surface area contributed by atoms with E-state index < -0.39 is 0 Å². The molecule has 1 atom stereocenters. The first-order valence-electron chi connectivity index (χ1n) is 9.55. The summed E-state index contributed by atoms with van der Waals surface area (Å²) in [4.78, 5) is 31.9. The molecule has 1 unspecified atom stereocenters. The van der Waals surface area contributed by atoms with Gasteiger partial charge in [0.25, 0.3) is 5.91 Å². The molecule has 0 bridgehead atoms. The minimum Gasteiger partial charge on any atom is -0.368 e.